The third kappa shape index (κ3) is 2.27. The summed E-state index contributed by atoms with van der Waals surface area (Å²) in [4.78, 5) is 13.2. The highest BCUT2D eigenvalue weighted by molar-refractivity contribution is 8.00. The number of likely N-dealkylation sites (tertiary alicyclic amines) is 1. The Morgan fingerprint density at radius 2 is 2.27 bits per heavy atom. The fraction of sp³-hybridized carbons (Fsp3) is 0.800. The number of hydrogen-bond donors (Lipinski definition) is 1. The lowest BCUT2D eigenvalue weighted by molar-refractivity contribution is -0.156. The summed E-state index contributed by atoms with van der Waals surface area (Å²) in [5.74, 6) is 1.18. The average Bonchev–Trinajstić information content (AvgIpc) is 2.96. The minimum atomic E-state index is -0.588. The molecule has 0 aromatic rings. The molecule has 1 N–H and O–H groups in total. The zero-order chi connectivity index (χ0) is 10.9. The Kier molecular flexibility index (Phi) is 2.89. The molecule has 2 aliphatic rings. The van der Waals surface area contributed by atoms with E-state index in [-0.39, 0.29) is 5.91 Å². The number of nitrogens with zero attached hydrogens (tertiary/aromatic N) is 2. The van der Waals surface area contributed by atoms with Crippen LogP contribution in [0.2, 0.25) is 0 Å². The number of nitriles is 1. The highest BCUT2D eigenvalue weighted by atomic mass is 32.2. The van der Waals surface area contributed by atoms with Crippen LogP contribution in [-0.4, -0.2) is 46.1 Å². The number of aliphatic hydroxyl groups is 1. The summed E-state index contributed by atoms with van der Waals surface area (Å²) in [6.45, 7) is 0.979. The molecule has 1 saturated heterocycles. The second kappa shape index (κ2) is 4.03. The number of carbonyl (C=O) groups excluding carboxylic acids is 1. The maximum absolute atomic E-state index is 11.5. The number of β-amino-alcohol motifs (C(OH)–C–C–N with tert-alkyl or cyclic N) is 1. The van der Waals surface area contributed by atoms with E-state index in [1.54, 1.807) is 4.90 Å². The summed E-state index contributed by atoms with van der Waals surface area (Å²) in [7, 11) is 0. The van der Waals surface area contributed by atoms with E-state index in [9.17, 15) is 9.90 Å². The van der Waals surface area contributed by atoms with Gasteiger partial charge in [-0.1, -0.05) is 0 Å². The fourth-order valence-corrected chi connectivity index (χ4v) is 2.50. The first-order valence-corrected chi connectivity index (χ1v) is 6.26. The molecule has 1 aliphatic heterocycles. The predicted octanol–water partition coefficient (Wildman–Crippen LogP) is 0.226. The molecule has 2 fully saturated rings. The van der Waals surface area contributed by atoms with Gasteiger partial charge in [-0.05, 0) is 18.8 Å². The van der Waals surface area contributed by atoms with Crippen LogP contribution < -0.4 is 0 Å². The number of rotatable bonds is 4. The van der Waals surface area contributed by atoms with E-state index in [1.807, 2.05) is 6.07 Å². The molecular weight excluding hydrogens is 212 g/mol. The molecule has 2 rings (SSSR count). The first-order chi connectivity index (χ1) is 7.15. The topological polar surface area (TPSA) is 64.3 Å². The van der Waals surface area contributed by atoms with E-state index in [2.05, 4.69) is 0 Å². The van der Waals surface area contributed by atoms with Crippen molar-refractivity contribution in [2.45, 2.75) is 18.4 Å². The van der Waals surface area contributed by atoms with Crippen LogP contribution in [0.3, 0.4) is 0 Å². The lowest BCUT2D eigenvalue weighted by Gasteiger charge is -2.47. The third-order valence-corrected chi connectivity index (χ3v) is 3.80. The fourth-order valence-electron chi connectivity index (χ4n) is 1.95. The Balaban J connectivity index is 1.69. The summed E-state index contributed by atoms with van der Waals surface area (Å²) in [5, 5.41) is 18.3. The Labute approximate surface area is 93.2 Å². The van der Waals surface area contributed by atoms with E-state index >= 15 is 0 Å². The lowest BCUT2D eigenvalue weighted by Crippen LogP contribution is -2.65. The second-order valence-electron chi connectivity index (χ2n) is 4.28. The Morgan fingerprint density at radius 1 is 1.60 bits per heavy atom. The molecule has 0 unspecified atom stereocenters. The average molecular weight is 226 g/mol. The van der Waals surface area contributed by atoms with Crippen molar-refractivity contribution < 1.29 is 9.90 Å². The largest absolute Gasteiger partial charge is 0.386 e. The number of thioether (sulfide) groups is 1. The van der Waals surface area contributed by atoms with Gasteiger partial charge in [0.2, 0.25) is 5.91 Å². The first-order valence-electron chi connectivity index (χ1n) is 5.10. The van der Waals surface area contributed by atoms with Crippen LogP contribution in [0.4, 0.5) is 0 Å². The van der Waals surface area contributed by atoms with Crippen molar-refractivity contribution in [1.82, 2.24) is 4.90 Å². The molecular formula is C10H14N2O2S. The summed E-state index contributed by atoms with van der Waals surface area (Å²) >= 11 is 1.33. The molecule has 4 nitrogen and oxygen atoms in total. The molecule has 1 saturated carbocycles. The van der Waals surface area contributed by atoms with Crippen LogP contribution in [0, 0.1) is 17.2 Å². The number of amides is 1. The van der Waals surface area contributed by atoms with Gasteiger partial charge in [0.1, 0.15) is 5.60 Å². The zero-order valence-electron chi connectivity index (χ0n) is 8.48. The van der Waals surface area contributed by atoms with E-state index in [0.29, 0.717) is 30.5 Å². The van der Waals surface area contributed by atoms with Gasteiger partial charge in [-0.25, -0.2) is 0 Å². The molecule has 82 valence electrons. The van der Waals surface area contributed by atoms with Crippen LogP contribution >= 0.6 is 11.8 Å². The quantitative estimate of drug-likeness (QED) is 0.697. The van der Waals surface area contributed by atoms with Gasteiger partial charge < -0.3 is 10.0 Å². The molecule has 1 aliphatic carbocycles. The van der Waals surface area contributed by atoms with Gasteiger partial charge in [0, 0.05) is 0 Å². The van der Waals surface area contributed by atoms with Crippen molar-refractivity contribution in [2.75, 3.05) is 24.6 Å². The van der Waals surface area contributed by atoms with Gasteiger partial charge in [0.15, 0.2) is 0 Å². The smallest absolute Gasteiger partial charge is 0.232 e. The Morgan fingerprint density at radius 3 is 2.80 bits per heavy atom. The molecule has 15 heavy (non-hydrogen) atoms. The standard InChI is InChI=1S/C10H14N2O2S/c11-3-4-15-5-9(13)12-6-10(14,7-12)8-1-2-8/h8,14H,1-2,4-7H2. The van der Waals surface area contributed by atoms with Gasteiger partial charge in [-0.2, -0.15) is 5.26 Å². The minimum Gasteiger partial charge on any atom is -0.386 e. The molecule has 0 spiro atoms. The highest BCUT2D eigenvalue weighted by Crippen LogP contribution is 2.44. The Hall–Kier alpha value is -0.730. The highest BCUT2D eigenvalue weighted by Gasteiger charge is 2.52. The lowest BCUT2D eigenvalue weighted by atomic mass is 9.89. The van der Waals surface area contributed by atoms with E-state index in [1.165, 1.54) is 11.8 Å². The summed E-state index contributed by atoms with van der Waals surface area (Å²) < 4.78 is 0. The van der Waals surface area contributed by atoms with Crippen molar-refractivity contribution >= 4 is 17.7 Å². The van der Waals surface area contributed by atoms with Gasteiger partial charge in [-0.3, -0.25) is 4.79 Å². The van der Waals surface area contributed by atoms with Crippen molar-refractivity contribution in [3.63, 3.8) is 0 Å². The van der Waals surface area contributed by atoms with Gasteiger partial charge in [0.05, 0.1) is 30.7 Å². The van der Waals surface area contributed by atoms with Crippen molar-refractivity contribution in [1.29, 1.82) is 5.26 Å². The summed E-state index contributed by atoms with van der Waals surface area (Å²) in [5.41, 5.74) is -0.588. The normalized spacial score (nSPS) is 23.1. The summed E-state index contributed by atoms with van der Waals surface area (Å²) in [6.07, 6.45) is 2.20. The molecule has 5 heteroatoms. The third-order valence-electron chi connectivity index (χ3n) is 3.01. The van der Waals surface area contributed by atoms with E-state index < -0.39 is 5.60 Å². The van der Waals surface area contributed by atoms with E-state index in [0.717, 1.165) is 12.8 Å². The SMILES string of the molecule is N#CCSCC(=O)N1CC(O)(C2CC2)C1. The van der Waals surface area contributed by atoms with Gasteiger partial charge in [0.25, 0.3) is 0 Å². The maximum Gasteiger partial charge on any atom is 0.232 e. The Bertz CT molecular complexity index is 303. The van der Waals surface area contributed by atoms with Crippen molar-refractivity contribution in [2.24, 2.45) is 5.92 Å². The van der Waals surface area contributed by atoms with Crippen molar-refractivity contribution in [3.8, 4) is 6.07 Å². The molecule has 1 amide bonds. The molecule has 0 bridgehead atoms. The van der Waals surface area contributed by atoms with Crippen LogP contribution in [0.1, 0.15) is 12.8 Å². The second-order valence-corrected chi connectivity index (χ2v) is 5.26. The first kappa shape index (κ1) is 10.8. The van der Waals surface area contributed by atoms with Crippen LogP contribution in [0.5, 0.6) is 0 Å². The molecule has 0 radical (unpaired) electrons. The van der Waals surface area contributed by atoms with Crippen LogP contribution in [-0.2, 0) is 4.79 Å². The van der Waals surface area contributed by atoms with Gasteiger partial charge in [-0.15, -0.1) is 11.8 Å². The zero-order valence-corrected chi connectivity index (χ0v) is 9.29. The minimum absolute atomic E-state index is 0.0422. The maximum atomic E-state index is 11.5. The summed E-state index contributed by atoms with van der Waals surface area (Å²) in [6, 6.07) is 1.99. The molecule has 1 heterocycles. The number of hydrogen-bond acceptors (Lipinski definition) is 4. The van der Waals surface area contributed by atoms with E-state index in [4.69, 9.17) is 5.26 Å². The van der Waals surface area contributed by atoms with Crippen LogP contribution in [0.25, 0.3) is 0 Å². The molecule has 0 aromatic carbocycles. The number of carbonyl (C=O) groups is 1. The molecule has 0 atom stereocenters. The van der Waals surface area contributed by atoms with Crippen molar-refractivity contribution in [3.05, 3.63) is 0 Å². The molecule has 0 aromatic heterocycles. The predicted molar refractivity (Wildman–Crippen MR) is 57.2 cm³/mol. The van der Waals surface area contributed by atoms with Crippen LogP contribution in [0.15, 0.2) is 0 Å². The monoisotopic (exact) mass is 226 g/mol. The van der Waals surface area contributed by atoms with Gasteiger partial charge >= 0.3 is 0 Å².